The molecular weight excluding hydrogens is 293 g/mol. The second kappa shape index (κ2) is 7.15. The summed E-state index contributed by atoms with van der Waals surface area (Å²) in [6.45, 7) is 0.273. The van der Waals surface area contributed by atoms with Crippen molar-refractivity contribution in [2.24, 2.45) is 0 Å². The lowest BCUT2D eigenvalue weighted by Gasteiger charge is -2.34. The Bertz CT molecular complexity index is 414. The Balaban J connectivity index is 2.55. The van der Waals surface area contributed by atoms with Crippen molar-refractivity contribution in [3.63, 3.8) is 0 Å². The molecule has 19 heavy (non-hydrogen) atoms. The maximum absolute atomic E-state index is 11.1. The van der Waals surface area contributed by atoms with Gasteiger partial charge in [0.15, 0.2) is 0 Å². The maximum atomic E-state index is 11.1. The van der Waals surface area contributed by atoms with Gasteiger partial charge >= 0.3 is 7.60 Å². The normalized spacial score (nSPS) is 18.9. The van der Waals surface area contributed by atoms with Crippen LogP contribution in [0.15, 0.2) is 0 Å². The van der Waals surface area contributed by atoms with Crippen molar-refractivity contribution >= 4 is 17.7 Å². The lowest BCUT2D eigenvalue weighted by Crippen LogP contribution is -2.38. The van der Waals surface area contributed by atoms with E-state index in [-0.39, 0.29) is 31.0 Å². The summed E-state index contributed by atoms with van der Waals surface area (Å²) in [6.07, 6.45) is 4.78. The summed E-state index contributed by atoms with van der Waals surface area (Å²) in [7, 11) is -8.17. The van der Waals surface area contributed by atoms with Gasteiger partial charge in [-0.05, 0) is 19.3 Å². The van der Waals surface area contributed by atoms with Gasteiger partial charge in [0.2, 0.25) is 0 Å². The van der Waals surface area contributed by atoms with E-state index < -0.39 is 17.7 Å². The van der Waals surface area contributed by atoms with E-state index >= 15 is 0 Å². The lowest BCUT2D eigenvalue weighted by atomic mass is 9.94. The third-order valence-corrected chi connectivity index (χ3v) is 4.84. The second-order valence-electron chi connectivity index (χ2n) is 5.05. The van der Waals surface area contributed by atoms with Gasteiger partial charge in [0.05, 0.1) is 5.75 Å². The van der Waals surface area contributed by atoms with Gasteiger partial charge in [0.1, 0.15) is 6.29 Å². The van der Waals surface area contributed by atoms with Gasteiger partial charge in [-0.1, -0.05) is 19.3 Å². The summed E-state index contributed by atoms with van der Waals surface area (Å²) < 4.78 is 41.1. The van der Waals surface area contributed by atoms with Crippen molar-refractivity contribution in [2.75, 3.05) is 18.6 Å². The zero-order valence-corrected chi connectivity index (χ0v) is 12.5. The van der Waals surface area contributed by atoms with Crippen molar-refractivity contribution < 1.29 is 27.3 Å². The fourth-order valence-corrected chi connectivity index (χ4v) is 3.84. The Labute approximate surface area is 113 Å². The van der Waals surface area contributed by atoms with E-state index in [0.717, 1.165) is 32.1 Å². The highest BCUT2D eigenvalue weighted by Crippen LogP contribution is 2.37. The molecular formula is C10H22NO6PS. The topological polar surface area (TPSA) is 115 Å². The number of hydrogen-bond acceptors (Lipinski definition) is 4. The average molecular weight is 315 g/mol. The second-order valence-corrected chi connectivity index (χ2v) is 8.23. The van der Waals surface area contributed by atoms with Crippen molar-refractivity contribution in [1.82, 2.24) is 4.90 Å². The van der Waals surface area contributed by atoms with E-state index in [9.17, 15) is 13.0 Å². The molecule has 0 heterocycles. The molecule has 0 spiro atoms. The van der Waals surface area contributed by atoms with Crippen LogP contribution in [-0.2, 0) is 14.7 Å². The van der Waals surface area contributed by atoms with E-state index in [4.69, 9.17) is 14.3 Å². The standard InChI is InChI=1S/C10H22NO6PS/c12-18(13,14)9-11(7-4-8-19(15,16)17)10-5-2-1-3-6-10/h10H,1-9H2,(H2,12,13,14)(H,15,16,17). The minimum Gasteiger partial charge on any atom is -0.324 e. The van der Waals surface area contributed by atoms with Crippen molar-refractivity contribution in [2.45, 2.75) is 44.6 Å². The molecule has 9 heteroatoms. The summed E-state index contributed by atoms with van der Waals surface area (Å²) in [4.78, 5) is 19.8. The summed E-state index contributed by atoms with van der Waals surface area (Å²) in [5.41, 5.74) is 0. The Hall–Kier alpha value is 0.0200. The van der Waals surface area contributed by atoms with Gasteiger partial charge in [0.25, 0.3) is 10.1 Å². The van der Waals surface area contributed by atoms with Crippen LogP contribution in [0.25, 0.3) is 0 Å². The maximum Gasteiger partial charge on any atom is 0.339 e. The Kier molecular flexibility index (Phi) is 6.42. The van der Waals surface area contributed by atoms with Gasteiger partial charge in [-0.25, -0.2) is 0 Å². The molecule has 1 saturated carbocycles. The first-order valence-electron chi connectivity index (χ1n) is 6.41. The highest BCUT2D eigenvalue weighted by atomic mass is 32.2. The quantitative estimate of drug-likeness (QED) is 0.475. The van der Waals surface area contributed by atoms with Crippen LogP contribution in [0.4, 0.5) is 0 Å². The van der Waals surface area contributed by atoms with E-state index in [2.05, 4.69) is 0 Å². The molecule has 1 rings (SSSR count). The van der Waals surface area contributed by atoms with Crippen molar-refractivity contribution in [3.8, 4) is 0 Å². The SMILES string of the molecule is O=P(O)(O)CN(CCCS(=O)(=O)O)C1CCCCC1. The summed E-state index contributed by atoms with van der Waals surface area (Å²) in [5.74, 6) is -0.378. The van der Waals surface area contributed by atoms with Crippen LogP contribution in [0.1, 0.15) is 38.5 Å². The minimum absolute atomic E-state index is 0.0998. The van der Waals surface area contributed by atoms with Crippen LogP contribution in [0.2, 0.25) is 0 Å². The van der Waals surface area contributed by atoms with Crippen LogP contribution in [0.5, 0.6) is 0 Å². The van der Waals surface area contributed by atoms with Gasteiger partial charge < -0.3 is 9.79 Å². The smallest absolute Gasteiger partial charge is 0.324 e. The van der Waals surface area contributed by atoms with Gasteiger partial charge in [-0.2, -0.15) is 8.42 Å². The van der Waals surface area contributed by atoms with Gasteiger partial charge in [0, 0.05) is 12.6 Å². The third kappa shape index (κ3) is 8.02. The zero-order valence-electron chi connectivity index (χ0n) is 10.8. The predicted octanol–water partition coefficient (Wildman–Crippen LogP) is 1.03. The van der Waals surface area contributed by atoms with Crippen LogP contribution < -0.4 is 0 Å². The van der Waals surface area contributed by atoms with Crippen LogP contribution >= 0.6 is 7.60 Å². The molecule has 7 nitrogen and oxygen atoms in total. The molecule has 0 aliphatic heterocycles. The van der Waals surface area contributed by atoms with E-state index in [1.165, 1.54) is 0 Å². The molecule has 0 aromatic heterocycles. The molecule has 1 aliphatic rings. The monoisotopic (exact) mass is 315 g/mol. The molecule has 0 unspecified atom stereocenters. The average Bonchev–Trinajstić information content (AvgIpc) is 2.25. The van der Waals surface area contributed by atoms with Gasteiger partial charge in [-0.15, -0.1) is 0 Å². The first kappa shape index (κ1) is 17.1. The van der Waals surface area contributed by atoms with E-state index in [1.807, 2.05) is 0 Å². The van der Waals surface area contributed by atoms with Crippen LogP contribution in [-0.4, -0.2) is 52.3 Å². The molecule has 1 aliphatic carbocycles. The number of rotatable bonds is 7. The van der Waals surface area contributed by atoms with E-state index in [1.54, 1.807) is 4.90 Å². The Morgan fingerprint density at radius 2 is 1.74 bits per heavy atom. The third-order valence-electron chi connectivity index (χ3n) is 3.30. The molecule has 0 atom stereocenters. The molecule has 1 fully saturated rings. The van der Waals surface area contributed by atoms with Crippen LogP contribution in [0.3, 0.4) is 0 Å². The Morgan fingerprint density at radius 1 is 1.16 bits per heavy atom. The van der Waals surface area contributed by atoms with E-state index in [0.29, 0.717) is 0 Å². The molecule has 0 amide bonds. The molecule has 3 N–H and O–H groups in total. The predicted molar refractivity (Wildman–Crippen MR) is 71.5 cm³/mol. The molecule has 0 bridgehead atoms. The molecule has 0 aromatic carbocycles. The summed E-state index contributed by atoms with van der Waals surface area (Å²) >= 11 is 0. The largest absolute Gasteiger partial charge is 0.339 e. The highest BCUT2D eigenvalue weighted by molar-refractivity contribution is 7.85. The fourth-order valence-electron chi connectivity index (χ4n) is 2.50. The molecule has 0 aromatic rings. The van der Waals surface area contributed by atoms with Crippen molar-refractivity contribution in [1.29, 1.82) is 0 Å². The number of hydrogen-bond donors (Lipinski definition) is 3. The molecule has 114 valence electrons. The zero-order chi connectivity index (χ0) is 14.5. The first-order chi connectivity index (χ1) is 8.67. The molecule has 0 radical (unpaired) electrons. The van der Waals surface area contributed by atoms with Gasteiger partial charge in [-0.3, -0.25) is 14.0 Å². The minimum atomic E-state index is -4.16. The first-order valence-corrected chi connectivity index (χ1v) is 9.82. The Morgan fingerprint density at radius 3 is 2.21 bits per heavy atom. The van der Waals surface area contributed by atoms with Crippen LogP contribution in [0, 0.1) is 0 Å². The summed E-state index contributed by atoms with van der Waals surface area (Å²) in [6, 6.07) is 0.0998. The highest BCUT2D eigenvalue weighted by Gasteiger charge is 2.27. The molecule has 0 saturated heterocycles. The lowest BCUT2D eigenvalue weighted by molar-refractivity contribution is 0.169. The number of nitrogens with zero attached hydrogens (tertiary/aromatic N) is 1. The summed E-state index contributed by atoms with van der Waals surface area (Å²) in [5, 5.41) is 0. The fraction of sp³-hybridized carbons (Fsp3) is 1.00. The van der Waals surface area contributed by atoms with Crippen molar-refractivity contribution in [3.05, 3.63) is 0 Å².